The molecule has 0 amide bonds. The predicted molar refractivity (Wildman–Crippen MR) is 84.0 cm³/mol. The van der Waals surface area contributed by atoms with Gasteiger partial charge in [0.1, 0.15) is 5.75 Å². The highest BCUT2D eigenvalue weighted by molar-refractivity contribution is 5.94. The summed E-state index contributed by atoms with van der Waals surface area (Å²) in [4.78, 5) is 19.7. The SMILES string of the molecule is CC(=O)c1ccc(-c2cnc(Oc3ccccc3)nc2)cc1. The minimum absolute atomic E-state index is 0.0504. The van der Waals surface area contributed by atoms with Gasteiger partial charge in [0.25, 0.3) is 0 Å². The number of hydrogen-bond donors (Lipinski definition) is 0. The molecule has 2 aromatic carbocycles. The Morgan fingerprint density at radius 2 is 1.50 bits per heavy atom. The number of Topliss-reactive ketones (excluding diaryl/α,β-unsaturated/α-hetero) is 1. The zero-order chi connectivity index (χ0) is 15.4. The Bertz CT molecular complexity index is 766. The number of rotatable bonds is 4. The minimum Gasteiger partial charge on any atom is -0.424 e. The van der Waals surface area contributed by atoms with Crippen LogP contribution in [0.1, 0.15) is 17.3 Å². The highest BCUT2D eigenvalue weighted by Crippen LogP contribution is 2.21. The molecule has 0 aliphatic heterocycles. The van der Waals surface area contributed by atoms with Crippen LogP contribution >= 0.6 is 0 Å². The van der Waals surface area contributed by atoms with Crippen LogP contribution in [0.4, 0.5) is 0 Å². The molecule has 0 N–H and O–H groups in total. The maximum atomic E-state index is 11.3. The standard InChI is InChI=1S/C18H14N2O2/c1-13(21)14-7-9-15(10-8-14)16-11-19-18(20-12-16)22-17-5-3-2-4-6-17/h2-12H,1H3. The summed E-state index contributed by atoms with van der Waals surface area (Å²) in [6.45, 7) is 1.55. The first kappa shape index (κ1) is 13.9. The molecule has 0 aliphatic carbocycles. The van der Waals surface area contributed by atoms with Crippen LogP contribution in [-0.4, -0.2) is 15.8 Å². The smallest absolute Gasteiger partial charge is 0.321 e. The summed E-state index contributed by atoms with van der Waals surface area (Å²) in [5.41, 5.74) is 2.51. The number of carbonyl (C=O) groups is 1. The fraction of sp³-hybridized carbons (Fsp3) is 0.0556. The van der Waals surface area contributed by atoms with Crippen LogP contribution in [0.25, 0.3) is 11.1 Å². The van der Waals surface area contributed by atoms with Crippen molar-refractivity contribution in [2.24, 2.45) is 0 Å². The van der Waals surface area contributed by atoms with Gasteiger partial charge in [-0.2, -0.15) is 0 Å². The summed E-state index contributed by atoms with van der Waals surface area (Å²) in [6, 6.07) is 17.0. The van der Waals surface area contributed by atoms with E-state index in [0.717, 1.165) is 11.1 Å². The Labute approximate surface area is 128 Å². The molecule has 0 saturated heterocycles. The number of aromatic nitrogens is 2. The maximum absolute atomic E-state index is 11.3. The van der Waals surface area contributed by atoms with E-state index in [1.807, 2.05) is 42.5 Å². The van der Waals surface area contributed by atoms with Crippen molar-refractivity contribution in [3.63, 3.8) is 0 Å². The quantitative estimate of drug-likeness (QED) is 0.678. The lowest BCUT2D eigenvalue weighted by Gasteiger charge is -2.05. The number of ether oxygens (including phenoxy) is 1. The zero-order valence-corrected chi connectivity index (χ0v) is 12.1. The van der Waals surface area contributed by atoms with Gasteiger partial charge in [0, 0.05) is 23.5 Å². The van der Waals surface area contributed by atoms with Gasteiger partial charge in [0.2, 0.25) is 0 Å². The topological polar surface area (TPSA) is 52.1 Å². The molecule has 1 aromatic heterocycles. The van der Waals surface area contributed by atoms with Gasteiger partial charge in [0.15, 0.2) is 5.78 Å². The van der Waals surface area contributed by atoms with Crippen LogP contribution in [0.3, 0.4) is 0 Å². The molecule has 0 bridgehead atoms. The summed E-state index contributed by atoms with van der Waals surface area (Å²) < 4.78 is 5.55. The number of hydrogen-bond acceptors (Lipinski definition) is 4. The Hall–Kier alpha value is -3.01. The summed E-state index contributed by atoms with van der Waals surface area (Å²) in [5.74, 6) is 0.746. The van der Waals surface area contributed by atoms with Crippen molar-refractivity contribution in [3.05, 3.63) is 72.6 Å². The van der Waals surface area contributed by atoms with Crippen LogP contribution in [-0.2, 0) is 0 Å². The van der Waals surface area contributed by atoms with Crippen LogP contribution in [0.5, 0.6) is 11.8 Å². The second-order valence-corrected chi connectivity index (χ2v) is 4.80. The van der Waals surface area contributed by atoms with Gasteiger partial charge < -0.3 is 4.74 Å². The molecule has 3 aromatic rings. The van der Waals surface area contributed by atoms with Crippen molar-refractivity contribution < 1.29 is 9.53 Å². The first-order chi connectivity index (χ1) is 10.7. The summed E-state index contributed by atoms with van der Waals surface area (Å²) in [5, 5.41) is 0. The fourth-order valence-corrected chi connectivity index (χ4v) is 2.01. The lowest BCUT2D eigenvalue weighted by atomic mass is 10.1. The van der Waals surface area contributed by atoms with E-state index in [0.29, 0.717) is 17.3 Å². The second-order valence-electron chi connectivity index (χ2n) is 4.80. The third-order valence-electron chi connectivity index (χ3n) is 3.21. The third-order valence-corrected chi connectivity index (χ3v) is 3.21. The van der Waals surface area contributed by atoms with Crippen molar-refractivity contribution in [2.45, 2.75) is 6.92 Å². The molecule has 0 unspecified atom stereocenters. The number of nitrogens with zero attached hydrogens (tertiary/aromatic N) is 2. The molecule has 0 atom stereocenters. The Kier molecular flexibility index (Phi) is 3.92. The fourth-order valence-electron chi connectivity index (χ4n) is 2.01. The Morgan fingerprint density at radius 1 is 0.864 bits per heavy atom. The van der Waals surface area contributed by atoms with Crippen LogP contribution in [0, 0.1) is 0 Å². The number of ketones is 1. The van der Waals surface area contributed by atoms with E-state index < -0.39 is 0 Å². The number of benzene rings is 2. The molecule has 4 nitrogen and oxygen atoms in total. The van der Waals surface area contributed by atoms with Gasteiger partial charge in [-0.25, -0.2) is 9.97 Å². The summed E-state index contributed by atoms with van der Waals surface area (Å²) in [6.07, 6.45) is 3.40. The largest absolute Gasteiger partial charge is 0.424 e. The molecular weight excluding hydrogens is 276 g/mol. The first-order valence-electron chi connectivity index (χ1n) is 6.89. The molecule has 1 heterocycles. The molecule has 3 rings (SSSR count). The van der Waals surface area contributed by atoms with Gasteiger partial charge >= 0.3 is 6.01 Å². The normalized spacial score (nSPS) is 10.2. The Balaban J connectivity index is 1.77. The number of para-hydroxylation sites is 1. The summed E-state index contributed by atoms with van der Waals surface area (Å²) >= 11 is 0. The van der Waals surface area contributed by atoms with Gasteiger partial charge in [-0.1, -0.05) is 42.5 Å². The molecule has 0 spiro atoms. The van der Waals surface area contributed by atoms with E-state index in [-0.39, 0.29) is 5.78 Å². The summed E-state index contributed by atoms with van der Waals surface area (Å²) in [7, 11) is 0. The first-order valence-corrected chi connectivity index (χ1v) is 6.89. The van der Waals surface area contributed by atoms with Crippen LogP contribution in [0.15, 0.2) is 67.0 Å². The van der Waals surface area contributed by atoms with Crippen LogP contribution in [0.2, 0.25) is 0 Å². The minimum atomic E-state index is 0.0504. The van der Waals surface area contributed by atoms with E-state index in [9.17, 15) is 4.79 Å². The van der Waals surface area contributed by atoms with Crippen molar-refractivity contribution >= 4 is 5.78 Å². The van der Waals surface area contributed by atoms with E-state index in [1.54, 1.807) is 31.5 Å². The highest BCUT2D eigenvalue weighted by Gasteiger charge is 2.04. The average molecular weight is 290 g/mol. The van der Waals surface area contributed by atoms with Crippen molar-refractivity contribution in [2.75, 3.05) is 0 Å². The molecule has 4 heteroatoms. The maximum Gasteiger partial charge on any atom is 0.321 e. The molecule has 0 fully saturated rings. The monoisotopic (exact) mass is 290 g/mol. The van der Waals surface area contributed by atoms with Gasteiger partial charge in [-0.05, 0) is 24.6 Å². The molecule has 22 heavy (non-hydrogen) atoms. The van der Waals surface area contributed by atoms with Crippen molar-refractivity contribution in [1.82, 2.24) is 9.97 Å². The van der Waals surface area contributed by atoms with E-state index in [2.05, 4.69) is 9.97 Å². The molecule has 0 saturated carbocycles. The van der Waals surface area contributed by atoms with Crippen LogP contribution < -0.4 is 4.74 Å². The van der Waals surface area contributed by atoms with Gasteiger partial charge in [-0.15, -0.1) is 0 Å². The molecule has 0 aliphatic rings. The lowest BCUT2D eigenvalue weighted by molar-refractivity contribution is 0.101. The molecule has 108 valence electrons. The van der Waals surface area contributed by atoms with E-state index in [1.165, 1.54) is 0 Å². The van der Waals surface area contributed by atoms with E-state index in [4.69, 9.17) is 4.74 Å². The van der Waals surface area contributed by atoms with Crippen molar-refractivity contribution in [1.29, 1.82) is 0 Å². The number of carbonyl (C=O) groups excluding carboxylic acids is 1. The molecular formula is C18H14N2O2. The van der Waals surface area contributed by atoms with Gasteiger partial charge in [0.05, 0.1) is 0 Å². The molecule has 0 radical (unpaired) electrons. The zero-order valence-electron chi connectivity index (χ0n) is 12.1. The van der Waals surface area contributed by atoms with Crippen molar-refractivity contribution in [3.8, 4) is 22.9 Å². The Morgan fingerprint density at radius 3 is 2.09 bits per heavy atom. The predicted octanol–water partition coefficient (Wildman–Crippen LogP) is 4.14. The second kappa shape index (κ2) is 6.18. The van der Waals surface area contributed by atoms with Gasteiger partial charge in [-0.3, -0.25) is 4.79 Å². The average Bonchev–Trinajstić information content (AvgIpc) is 2.57. The lowest BCUT2D eigenvalue weighted by Crippen LogP contribution is -1.93. The highest BCUT2D eigenvalue weighted by atomic mass is 16.5. The third kappa shape index (κ3) is 3.17. The van der Waals surface area contributed by atoms with E-state index >= 15 is 0 Å².